The van der Waals surface area contributed by atoms with Crippen LogP contribution in [-0.2, 0) is 6.54 Å². The SMILES string of the molecule is Cc1sc2ncn(Cc3ccc(OC(F)(F)F)cc3)c(=O)c2c1C. The van der Waals surface area contributed by atoms with E-state index in [1.165, 1.54) is 46.5 Å². The van der Waals surface area contributed by atoms with E-state index in [0.29, 0.717) is 15.8 Å². The first-order valence-electron chi connectivity index (χ1n) is 7.04. The fraction of sp³-hybridized carbons (Fsp3) is 0.250. The lowest BCUT2D eigenvalue weighted by Crippen LogP contribution is -2.21. The number of ether oxygens (including phenoxy) is 1. The van der Waals surface area contributed by atoms with Crippen LogP contribution in [0.4, 0.5) is 13.2 Å². The monoisotopic (exact) mass is 354 g/mol. The van der Waals surface area contributed by atoms with Crippen molar-refractivity contribution in [1.82, 2.24) is 9.55 Å². The van der Waals surface area contributed by atoms with E-state index < -0.39 is 6.36 Å². The summed E-state index contributed by atoms with van der Waals surface area (Å²) in [5, 5.41) is 0.594. The summed E-state index contributed by atoms with van der Waals surface area (Å²) in [6.07, 6.45) is -3.26. The summed E-state index contributed by atoms with van der Waals surface area (Å²) < 4.78 is 41.7. The maximum atomic E-state index is 12.6. The van der Waals surface area contributed by atoms with Crippen LogP contribution in [-0.4, -0.2) is 15.9 Å². The molecule has 0 saturated carbocycles. The summed E-state index contributed by atoms with van der Waals surface area (Å²) in [6.45, 7) is 4.04. The van der Waals surface area contributed by atoms with Gasteiger partial charge in [0.1, 0.15) is 10.6 Å². The van der Waals surface area contributed by atoms with Gasteiger partial charge in [0, 0.05) is 4.88 Å². The van der Waals surface area contributed by atoms with Crippen LogP contribution < -0.4 is 10.3 Å². The highest BCUT2D eigenvalue weighted by molar-refractivity contribution is 7.18. The van der Waals surface area contributed by atoms with Crippen molar-refractivity contribution in [1.29, 1.82) is 0 Å². The standard InChI is InChI=1S/C16H13F3N2O2S/c1-9-10(2)24-14-13(9)15(22)21(8-20-14)7-11-3-5-12(6-4-11)23-16(17,18)19/h3-6,8H,7H2,1-2H3. The molecule has 4 nitrogen and oxygen atoms in total. The van der Waals surface area contributed by atoms with Crippen molar-refractivity contribution in [3.05, 3.63) is 57.0 Å². The zero-order valence-corrected chi connectivity index (χ0v) is 13.7. The highest BCUT2D eigenvalue weighted by Crippen LogP contribution is 2.26. The molecule has 0 bridgehead atoms. The summed E-state index contributed by atoms with van der Waals surface area (Å²) in [7, 11) is 0. The first-order valence-corrected chi connectivity index (χ1v) is 7.86. The fourth-order valence-corrected chi connectivity index (χ4v) is 3.36. The predicted molar refractivity (Wildman–Crippen MR) is 85.6 cm³/mol. The lowest BCUT2D eigenvalue weighted by atomic mass is 10.2. The molecule has 3 aromatic rings. The molecule has 0 amide bonds. The normalized spacial score (nSPS) is 11.9. The Labute approximate surface area is 139 Å². The van der Waals surface area contributed by atoms with Crippen LogP contribution >= 0.6 is 11.3 Å². The molecule has 0 spiro atoms. The molecule has 0 radical (unpaired) electrons. The maximum Gasteiger partial charge on any atom is 0.573 e. The minimum absolute atomic E-state index is 0.155. The Kier molecular flexibility index (Phi) is 4.08. The highest BCUT2D eigenvalue weighted by atomic mass is 32.1. The zero-order valence-electron chi connectivity index (χ0n) is 12.8. The van der Waals surface area contributed by atoms with E-state index in [0.717, 1.165) is 10.4 Å². The van der Waals surface area contributed by atoms with Gasteiger partial charge in [0.2, 0.25) is 0 Å². The Morgan fingerprint density at radius 3 is 2.50 bits per heavy atom. The fourth-order valence-electron chi connectivity index (χ4n) is 2.38. The van der Waals surface area contributed by atoms with Crippen LogP contribution in [0.1, 0.15) is 16.0 Å². The number of fused-ring (bicyclic) bond motifs is 1. The van der Waals surface area contributed by atoms with Crippen LogP contribution in [0.25, 0.3) is 10.2 Å². The molecule has 0 aliphatic carbocycles. The minimum atomic E-state index is -4.72. The quantitative estimate of drug-likeness (QED) is 0.714. The Morgan fingerprint density at radius 2 is 1.88 bits per heavy atom. The van der Waals surface area contributed by atoms with Gasteiger partial charge in [-0.15, -0.1) is 24.5 Å². The second-order valence-electron chi connectivity index (χ2n) is 5.33. The first kappa shape index (κ1) is 16.5. The molecular weight excluding hydrogens is 341 g/mol. The molecule has 126 valence electrons. The van der Waals surface area contributed by atoms with Crippen LogP contribution in [0, 0.1) is 13.8 Å². The van der Waals surface area contributed by atoms with E-state index in [4.69, 9.17) is 0 Å². The van der Waals surface area contributed by atoms with Crippen molar-refractivity contribution in [2.75, 3.05) is 0 Å². The van der Waals surface area contributed by atoms with Crippen molar-refractivity contribution in [2.24, 2.45) is 0 Å². The summed E-state index contributed by atoms with van der Waals surface area (Å²) in [4.78, 5) is 18.6. The maximum absolute atomic E-state index is 12.6. The summed E-state index contributed by atoms with van der Waals surface area (Å²) >= 11 is 1.47. The summed E-state index contributed by atoms with van der Waals surface area (Å²) in [5.74, 6) is -0.295. The van der Waals surface area contributed by atoms with Crippen LogP contribution in [0.3, 0.4) is 0 Å². The van der Waals surface area contributed by atoms with Gasteiger partial charge in [-0.25, -0.2) is 4.98 Å². The molecule has 0 unspecified atom stereocenters. The summed E-state index contributed by atoms with van der Waals surface area (Å²) in [5.41, 5.74) is 1.44. The molecule has 3 rings (SSSR count). The third kappa shape index (κ3) is 3.28. The van der Waals surface area contributed by atoms with Gasteiger partial charge >= 0.3 is 6.36 Å². The van der Waals surface area contributed by atoms with E-state index >= 15 is 0 Å². The van der Waals surface area contributed by atoms with Crippen LogP contribution in [0.15, 0.2) is 35.4 Å². The number of aromatic nitrogens is 2. The second kappa shape index (κ2) is 5.94. The molecule has 2 aromatic heterocycles. The van der Waals surface area contributed by atoms with E-state index in [-0.39, 0.29) is 17.9 Å². The number of aryl methyl sites for hydroxylation is 2. The average molecular weight is 354 g/mol. The highest BCUT2D eigenvalue weighted by Gasteiger charge is 2.30. The number of thiophene rings is 1. The summed E-state index contributed by atoms with van der Waals surface area (Å²) in [6, 6.07) is 5.42. The van der Waals surface area contributed by atoms with Crippen LogP contribution in [0.5, 0.6) is 5.75 Å². The van der Waals surface area contributed by atoms with Gasteiger partial charge in [0.15, 0.2) is 0 Å². The Bertz CT molecular complexity index is 943. The molecule has 8 heteroatoms. The molecule has 1 aromatic carbocycles. The lowest BCUT2D eigenvalue weighted by molar-refractivity contribution is -0.274. The molecule has 0 aliphatic rings. The Balaban J connectivity index is 1.89. The molecule has 0 fully saturated rings. The Hall–Kier alpha value is -2.35. The molecule has 24 heavy (non-hydrogen) atoms. The number of nitrogens with zero attached hydrogens (tertiary/aromatic N) is 2. The van der Waals surface area contributed by atoms with Gasteiger partial charge in [0.25, 0.3) is 5.56 Å². The molecule has 0 saturated heterocycles. The van der Waals surface area contributed by atoms with Crippen molar-refractivity contribution in [3.8, 4) is 5.75 Å². The third-order valence-corrected chi connectivity index (χ3v) is 4.78. The lowest BCUT2D eigenvalue weighted by Gasteiger charge is -2.10. The van der Waals surface area contributed by atoms with E-state index in [9.17, 15) is 18.0 Å². The average Bonchev–Trinajstić information content (AvgIpc) is 2.78. The molecule has 2 heterocycles. The van der Waals surface area contributed by atoms with Crippen molar-refractivity contribution in [3.63, 3.8) is 0 Å². The van der Waals surface area contributed by atoms with Gasteiger partial charge in [-0.1, -0.05) is 12.1 Å². The van der Waals surface area contributed by atoms with Crippen molar-refractivity contribution < 1.29 is 17.9 Å². The molecule has 0 N–H and O–H groups in total. The Morgan fingerprint density at radius 1 is 1.21 bits per heavy atom. The van der Waals surface area contributed by atoms with Gasteiger partial charge in [-0.3, -0.25) is 9.36 Å². The number of hydrogen-bond donors (Lipinski definition) is 0. The van der Waals surface area contributed by atoms with E-state index in [2.05, 4.69) is 9.72 Å². The van der Waals surface area contributed by atoms with E-state index in [1.807, 2.05) is 13.8 Å². The molecule has 0 atom stereocenters. The van der Waals surface area contributed by atoms with Gasteiger partial charge in [-0.05, 0) is 37.1 Å². The van der Waals surface area contributed by atoms with Crippen molar-refractivity contribution >= 4 is 21.6 Å². The molecule has 0 aliphatic heterocycles. The largest absolute Gasteiger partial charge is 0.573 e. The predicted octanol–water partition coefficient (Wildman–Crippen LogP) is 4.02. The van der Waals surface area contributed by atoms with E-state index in [1.54, 1.807) is 0 Å². The minimum Gasteiger partial charge on any atom is -0.406 e. The smallest absolute Gasteiger partial charge is 0.406 e. The van der Waals surface area contributed by atoms with Crippen molar-refractivity contribution in [2.45, 2.75) is 26.8 Å². The van der Waals surface area contributed by atoms with Gasteiger partial charge < -0.3 is 4.74 Å². The van der Waals surface area contributed by atoms with Crippen LogP contribution in [0.2, 0.25) is 0 Å². The number of rotatable bonds is 3. The molecular formula is C16H13F3N2O2S. The number of hydrogen-bond acceptors (Lipinski definition) is 4. The number of halogens is 3. The third-order valence-electron chi connectivity index (χ3n) is 3.67. The second-order valence-corrected chi connectivity index (χ2v) is 6.54. The topological polar surface area (TPSA) is 44.1 Å². The van der Waals surface area contributed by atoms with Gasteiger partial charge in [0.05, 0.1) is 18.3 Å². The number of benzene rings is 1. The zero-order chi connectivity index (χ0) is 17.5. The first-order chi connectivity index (χ1) is 11.2. The van der Waals surface area contributed by atoms with Gasteiger partial charge in [-0.2, -0.15) is 0 Å². The number of alkyl halides is 3.